The van der Waals surface area contributed by atoms with E-state index >= 15 is 0 Å². The third kappa shape index (κ3) is 2.83. The average molecular weight is 433 g/mol. The number of halogens is 2. The SMILES string of the molecule is [2H]c1c([2H])c(C([2H])([2H])n2ncc3c(Cl)ccc(C(=O)OC)c32)c([2H])c([2H])c1I. The second-order valence-electron chi connectivity index (χ2n) is 4.21. The molecule has 0 aliphatic carbocycles. The summed E-state index contributed by atoms with van der Waals surface area (Å²) in [6, 6.07) is 1.05. The topological polar surface area (TPSA) is 44.1 Å². The van der Waals surface area contributed by atoms with Gasteiger partial charge in [-0.15, -0.1) is 0 Å². The van der Waals surface area contributed by atoms with Gasteiger partial charge in [-0.2, -0.15) is 5.10 Å². The van der Waals surface area contributed by atoms with Crippen molar-refractivity contribution in [2.45, 2.75) is 6.50 Å². The summed E-state index contributed by atoms with van der Waals surface area (Å²) in [5.74, 6) is -0.735. The molecule has 1 heterocycles. The molecule has 0 unspecified atom stereocenters. The Morgan fingerprint density at radius 2 is 2.18 bits per heavy atom. The quantitative estimate of drug-likeness (QED) is 0.462. The van der Waals surface area contributed by atoms with E-state index in [2.05, 4.69) is 5.10 Å². The fraction of sp³-hybridized carbons (Fsp3) is 0.125. The van der Waals surface area contributed by atoms with Crippen molar-refractivity contribution in [1.82, 2.24) is 9.78 Å². The van der Waals surface area contributed by atoms with Gasteiger partial charge in [0.1, 0.15) is 0 Å². The molecule has 0 aliphatic rings. The highest BCUT2D eigenvalue weighted by atomic mass is 127. The van der Waals surface area contributed by atoms with E-state index in [0.717, 1.165) is 4.68 Å². The van der Waals surface area contributed by atoms with Crippen LogP contribution in [0.15, 0.2) is 42.5 Å². The number of rotatable bonds is 3. The summed E-state index contributed by atoms with van der Waals surface area (Å²) in [5, 5.41) is 4.52. The Kier molecular flexibility index (Phi) is 2.71. The van der Waals surface area contributed by atoms with Crippen LogP contribution in [0.4, 0.5) is 0 Å². The number of carbonyl (C=O) groups is 1. The molecule has 3 aromatic rings. The summed E-state index contributed by atoms with van der Waals surface area (Å²) in [6.07, 6.45) is 1.27. The van der Waals surface area contributed by atoms with Gasteiger partial charge in [0, 0.05) is 8.96 Å². The lowest BCUT2D eigenvalue weighted by atomic mass is 10.1. The Bertz CT molecular complexity index is 1110. The van der Waals surface area contributed by atoms with Gasteiger partial charge in [-0.25, -0.2) is 4.79 Å². The monoisotopic (exact) mass is 432 g/mol. The highest BCUT2D eigenvalue weighted by Crippen LogP contribution is 2.27. The van der Waals surface area contributed by atoms with Crippen LogP contribution in [0.3, 0.4) is 0 Å². The molecule has 0 aliphatic heterocycles. The molecule has 22 heavy (non-hydrogen) atoms. The Balaban J connectivity index is 2.41. The zero-order valence-electron chi connectivity index (χ0n) is 17.2. The Hall–Kier alpha value is -1.60. The van der Waals surface area contributed by atoms with Gasteiger partial charge >= 0.3 is 5.97 Å². The maximum Gasteiger partial charge on any atom is 0.340 e. The molecule has 0 saturated heterocycles. The highest BCUT2D eigenvalue weighted by molar-refractivity contribution is 14.1. The van der Waals surface area contributed by atoms with Crippen molar-refractivity contribution < 1.29 is 17.8 Å². The number of carbonyl (C=O) groups excluding carboxylic acids is 1. The van der Waals surface area contributed by atoms with Crippen molar-refractivity contribution in [1.29, 1.82) is 0 Å². The normalized spacial score (nSPS) is 15.4. The number of hydrogen-bond acceptors (Lipinski definition) is 3. The third-order valence-corrected chi connectivity index (χ3v) is 3.76. The summed E-state index contributed by atoms with van der Waals surface area (Å²) in [6.45, 7) is -2.61. The van der Waals surface area contributed by atoms with E-state index in [9.17, 15) is 4.79 Å². The van der Waals surface area contributed by atoms with Crippen LogP contribution < -0.4 is 0 Å². The summed E-state index contributed by atoms with van der Waals surface area (Å²) in [5.41, 5.74) is -0.465. The minimum absolute atomic E-state index is 0.00374. The van der Waals surface area contributed by atoms with Gasteiger partial charge in [-0.3, -0.25) is 4.68 Å². The molecule has 3 rings (SSSR count). The van der Waals surface area contributed by atoms with Crippen LogP contribution in [0.25, 0.3) is 10.9 Å². The second kappa shape index (κ2) is 6.26. The van der Waals surface area contributed by atoms with Crippen molar-refractivity contribution in [2.75, 3.05) is 7.11 Å². The van der Waals surface area contributed by atoms with E-state index in [1.165, 1.54) is 25.4 Å². The number of benzene rings is 2. The summed E-state index contributed by atoms with van der Waals surface area (Å²) in [4.78, 5) is 12.2. The first-order chi connectivity index (χ1) is 13.0. The molecule has 0 spiro atoms. The molecule has 0 radical (unpaired) electrons. The van der Waals surface area contributed by atoms with Crippen LogP contribution in [0, 0.1) is 3.57 Å². The van der Waals surface area contributed by atoms with Gasteiger partial charge in [0.25, 0.3) is 0 Å². The number of methoxy groups -OCH3 is 1. The molecule has 2 aromatic carbocycles. The summed E-state index contributed by atoms with van der Waals surface area (Å²) < 4.78 is 55.1. The van der Waals surface area contributed by atoms with Crippen molar-refractivity contribution in [3.05, 3.63) is 62.2 Å². The molecule has 6 heteroatoms. The lowest BCUT2D eigenvalue weighted by molar-refractivity contribution is 0.0602. The fourth-order valence-electron chi connectivity index (χ4n) is 1.93. The van der Waals surface area contributed by atoms with E-state index < -0.39 is 30.1 Å². The van der Waals surface area contributed by atoms with Crippen LogP contribution >= 0.6 is 34.2 Å². The molecule has 0 bridgehead atoms. The lowest BCUT2D eigenvalue weighted by Gasteiger charge is -2.08. The summed E-state index contributed by atoms with van der Waals surface area (Å²) in [7, 11) is 1.18. The van der Waals surface area contributed by atoms with E-state index in [-0.39, 0.29) is 37.1 Å². The molecular formula is C16H12ClIN2O2. The lowest BCUT2D eigenvalue weighted by Crippen LogP contribution is -2.08. The first-order valence-electron chi connectivity index (χ1n) is 9.05. The average Bonchev–Trinajstić information content (AvgIpc) is 3.11. The van der Waals surface area contributed by atoms with Gasteiger partial charge in [-0.1, -0.05) is 23.7 Å². The Morgan fingerprint density at radius 1 is 1.45 bits per heavy atom. The molecular weight excluding hydrogens is 415 g/mol. The zero-order valence-corrected chi connectivity index (χ0v) is 14.1. The van der Waals surface area contributed by atoms with Gasteiger partial charge in [0.2, 0.25) is 0 Å². The maximum absolute atomic E-state index is 12.2. The van der Waals surface area contributed by atoms with Crippen LogP contribution in [-0.2, 0) is 11.2 Å². The maximum atomic E-state index is 12.2. The van der Waals surface area contributed by atoms with Crippen molar-refractivity contribution >= 4 is 51.1 Å². The smallest absolute Gasteiger partial charge is 0.340 e. The van der Waals surface area contributed by atoms with E-state index in [4.69, 9.17) is 24.6 Å². The summed E-state index contributed by atoms with van der Waals surface area (Å²) >= 11 is 7.83. The molecule has 0 fully saturated rings. The molecule has 4 nitrogen and oxygen atoms in total. The minimum atomic E-state index is -2.61. The molecule has 0 amide bonds. The minimum Gasteiger partial charge on any atom is -0.465 e. The molecule has 0 N–H and O–H groups in total. The molecule has 0 atom stereocenters. The van der Waals surface area contributed by atoms with Crippen LogP contribution in [0.5, 0.6) is 0 Å². The van der Waals surface area contributed by atoms with Gasteiger partial charge < -0.3 is 4.74 Å². The molecule has 1 aromatic heterocycles. The van der Waals surface area contributed by atoms with Gasteiger partial charge in [0.05, 0.1) is 44.1 Å². The highest BCUT2D eigenvalue weighted by Gasteiger charge is 2.17. The number of hydrogen-bond donors (Lipinski definition) is 0. The number of fused-ring (bicyclic) bond motifs is 1. The van der Waals surface area contributed by atoms with Crippen LogP contribution in [0.2, 0.25) is 5.02 Å². The second-order valence-corrected chi connectivity index (χ2v) is 5.69. The molecule has 0 saturated carbocycles. The molecule has 112 valence electrons. The van der Waals surface area contributed by atoms with E-state index in [0.29, 0.717) is 0 Å². The zero-order chi connectivity index (χ0) is 21.0. The standard InChI is InChI=1S/C16H12ClIN2O2/c1-22-16(21)12-6-7-14(17)13-8-19-20(15(12)13)9-10-2-4-11(18)5-3-10/h2-8H,9H2,1H3/i2D,3D,4D,5D,9D2. The number of esters is 1. The number of aromatic nitrogens is 2. The first kappa shape index (κ1) is 9.52. The Morgan fingerprint density at radius 3 is 2.86 bits per heavy atom. The van der Waals surface area contributed by atoms with E-state index in [1.807, 2.05) is 0 Å². The number of ether oxygens (including phenoxy) is 1. The largest absolute Gasteiger partial charge is 0.465 e. The first-order valence-corrected chi connectivity index (χ1v) is 7.51. The van der Waals surface area contributed by atoms with Gasteiger partial charge in [-0.05, 0) is 52.4 Å². The number of nitrogens with zero attached hydrogens (tertiary/aromatic N) is 2. The van der Waals surface area contributed by atoms with Crippen LogP contribution in [-0.4, -0.2) is 22.9 Å². The predicted molar refractivity (Wildman–Crippen MR) is 94.3 cm³/mol. The Labute approximate surface area is 154 Å². The van der Waals surface area contributed by atoms with Crippen molar-refractivity contribution in [3.63, 3.8) is 0 Å². The fourth-order valence-corrected chi connectivity index (χ4v) is 2.40. The van der Waals surface area contributed by atoms with Crippen molar-refractivity contribution in [3.8, 4) is 0 Å². The van der Waals surface area contributed by atoms with Gasteiger partial charge in [0.15, 0.2) is 0 Å². The van der Waals surface area contributed by atoms with Crippen molar-refractivity contribution in [2.24, 2.45) is 0 Å². The third-order valence-electron chi connectivity index (χ3n) is 2.90. The predicted octanol–water partition coefficient (Wildman–Crippen LogP) is 4.13. The van der Waals surface area contributed by atoms with E-state index in [1.54, 1.807) is 22.6 Å². The van der Waals surface area contributed by atoms with Crippen LogP contribution in [0.1, 0.15) is 24.1 Å².